The molecule has 104 valence electrons. The Morgan fingerprint density at radius 3 is 3.00 bits per heavy atom. The molecular weight excluding hydrogens is 240 g/mol. The van der Waals surface area contributed by atoms with Crippen LogP contribution in [0.25, 0.3) is 6.08 Å². The van der Waals surface area contributed by atoms with Crippen molar-refractivity contribution >= 4 is 12.1 Å². The molecule has 1 aromatic carbocycles. The highest BCUT2D eigenvalue weighted by atomic mass is 16.5. The van der Waals surface area contributed by atoms with E-state index in [2.05, 4.69) is 16.7 Å². The predicted molar refractivity (Wildman–Crippen MR) is 77.9 cm³/mol. The maximum atomic E-state index is 11.4. The van der Waals surface area contributed by atoms with Crippen LogP contribution < -0.4 is 10.6 Å². The van der Waals surface area contributed by atoms with Gasteiger partial charge in [0.1, 0.15) is 0 Å². The first-order valence-electron chi connectivity index (χ1n) is 6.57. The Bertz CT molecular complexity index is 416. The summed E-state index contributed by atoms with van der Waals surface area (Å²) in [5, 5.41) is 5.43. The lowest BCUT2D eigenvalue weighted by molar-refractivity contribution is 0.145. The third-order valence-electron chi connectivity index (χ3n) is 2.49. The van der Waals surface area contributed by atoms with Gasteiger partial charge in [0.2, 0.25) is 0 Å². The van der Waals surface area contributed by atoms with Crippen LogP contribution >= 0.6 is 0 Å². The highest BCUT2D eigenvalue weighted by molar-refractivity contribution is 5.75. The normalized spacial score (nSPS) is 10.6. The minimum absolute atomic E-state index is 0.194. The molecule has 0 radical (unpaired) electrons. The van der Waals surface area contributed by atoms with Crippen molar-refractivity contribution in [2.24, 2.45) is 0 Å². The molecule has 0 heterocycles. The first-order valence-corrected chi connectivity index (χ1v) is 6.57. The molecule has 0 aliphatic heterocycles. The van der Waals surface area contributed by atoms with Crippen molar-refractivity contribution in [1.29, 1.82) is 0 Å². The number of ether oxygens (including phenoxy) is 1. The van der Waals surface area contributed by atoms with Gasteiger partial charge in [0.05, 0.1) is 0 Å². The zero-order chi connectivity index (χ0) is 13.9. The van der Waals surface area contributed by atoms with Crippen molar-refractivity contribution in [1.82, 2.24) is 10.6 Å². The Labute approximate surface area is 114 Å². The number of nitrogens with one attached hydrogen (secondary N) is 2. The second-order valence-electron chi connectivity index (χ2n) is 4.20. The summed E-state index contributed by atoms with van der Waals surface area (Å²) in [6.07, 6.45) is 4.34. The van der Waals surface area contributed by atoms with Crippen LogP contribution in [0.5, 0.6) is 0 Å². The van der Waals surface area contributed by atoms with Crippen LogP contribution in [-0.4, -0.2) is 25.8 Å². The predicted octanol–water partition coefficient (Wildman–Crippen LogP) is 2.69. The summed E-state index contributed by atoms with van der Waals surface area (Å²) in [4.78, 5) is 11.4. The van der Waals surface area contributed by atoms with Crippen LogP contribution in [0.3, 0.4) is 0 Å². The maximum Gasteiger partial charge on any atom is 0.318 e. The molecule has 0 fully saturated rings. The lowest BCUT2D eigenvalue weighted by Crippen LogP contribution is -2.33. The monoisotopic (exact) mass is 262 g/mol. The van der Waals surface area contributed by atoms with E-state index in [1.165, 1.54) is 5.56 Å². The fourth-order valence-corrected chi connectivity index (χ4v) is 1.56. The molecule has 4 nitrogen and oxygen atoms in total. The molecule has 4 heteroatoms. The largest absolute Gasteiger partial charge is 0.382 e. The molecule has 0 aromatic heterocycles. The number of benzene rings is 1. The molecule has 19 heavy (non-hydrogen) atoms. The molecule has 0 unspecified atom stereocenters. The number of aryl methyl sites for hydroxylation is 1. The van der Waals surface area contributed by atoms with E-state index in [1.807, 2.05) is 38.1 Å². The number of urea groups is 1. The van der Waals surface area contributed by atoms with Crippen molar-refractivity contribution in [2.45, 2.75) is 20.3 Å². The van der Waals surface area contributed by atoms with Gasteiger partial charge in [-0.05, 0) is 31.9 Å². The molecule has 0 saturated heterocycles. The van der Waals surface area contributed by atoms with Crippen molar-refractivity contribution in [3.05, 3.63) is 41.6 Å². The summed E-state index contributed by atoms with van der Waals surface area (Å²) in [6, 6.07) is 7.88. The number of hydrogen-bond donors (Lipinski definition) is 2. The van der Waals surface area contributed by atoms with Gasteiger partial charge < -0.3 is 15.4 Å². The van der Waals surface area contributed by atoms with Gasteiger partial charge in [0.25, 0.3) is 0 Å². The summed E-state index contributed by atoms with van der Waals surface area (Å²) < 4.78 is 5.18. The van der Waals surface area contributed by atoms with Gasteiger partial charge in [-0.1, -0.05) is 29.8 Å². The minimum Gasteiger partial charge on any atom is -0.382 e. The van der Waals surface area contributed by atoms with Crippen LogP contribution in [0.4, 0.5) is 4.79 Å². The van der Waals surface area contributed by atoms with Crippen molar-refractivity contribution < 1.29 is 9.53 Å². The molecule has 0 aliphatic carbocycles. The number of carbonyl (C=O) groups excluding carboxylic acids is 1. The number of hydrogen-bond acceptors (Lipinski definition) is 2. The quantitative estimate of drug-likeness (QED) is 0.742. The minimum atomic E-state index is -0.194. The van der Waals surface area contributed by atoms with Gasteiger partial charge in [-0.15, -0.1) is 0 Å². The number of carbonyl (C=O) groups is 1. The SMILES string of the molecule is CCOCCCNC(=O)N/C=C/c1cccc(C)c1. The summed E-state index contributed by atoms with van der Waals surface area (Å²) in [5.41, 5.74) is 2.26. The summed E-state index contributed by atoms with van der Waals surface area (Å²) >= 11 is 0. The highest BCUT2D eigenvalue weighted by Gasteiger charge is 1.95. The van der Waals surface area contributed by atoms with Crippen LogP contribution in [0.2, 0.25) is 0 Å². The highest BCUT2D eigenvalue weighted by Crippen LogP contribution is 2.04. The second-order valence-corrected chi connectivity index (χ2v) is 4.20. The van der Waals surface area contributed by atoms with Crippen molar-refractivity contribution in [2.75, 3.05) is 19.8 Å². The molecule has 0 bridgehead atoms. The smallest absolute Gasteiger partial charge is 0.318 e. The Morgan fingerprint density at radius 2 is 2.26 bits per heavy atom. The Hall–Kier alpha value is -1.81. The summed E-state index contributed by atoms with van der Waals surface area (Å²) in [5.74, 6) is 0. The van der Waals surface area contributed by atoms with E-state index in [0.29, 0.717) is 19.8 Å². The molecule has 1 aromatic rings. The van der Waals surface area contributed by atoms with Gasteiger partial charge in [-0.25, -0.2) is 4.79 Å². The zero-order valence-corrected chi connectivity index (χ0v) is 11.6. The second kappa shape index (κ2) is 9.16. The van der Waals surface area contributed by atoms with Crippen LogP contribution in [0.15, 0.2) is 30.5 Å². The third-order valence-corrected chi connectivity index (χ3v) is 2.49. The molecule has 0 spiro atoms. The van der Waals surface area contributed by atoms with Gasteiger partial charge >= 0.3 is 6.03 Å². The third kappa shape index (κ3) is 7.26. The van der Waals surface area contributed by atoms with Gasteiger partial charge in [0, 0.05) is 26.0 Å². The van der Waals surface area contributed by atoms with Gasteiger partial charge in [-0.3, -0.25) is 0 Å². The van der Waals surface area contributed by atoms with Crippen LogP contribution in [0, 0.1) is 6.92 Å². The molecule has 1 rings (SSSR count). The Kier molecular flexibility index (Phi) is 7.35. The van der Waals surface area contributed by atoms with E-state index in [1.54, 1.807) is 6.20 Å². The van der Waals surface area contributed by atoms with E-state index in [9.17, 15) is 4.79 Å². The lowest BCUT2D eigenvalue weighted by Gasteiger charge is -2.04. The van der Waals surface area contributed by atoms with Crippen molar-refractivity contribution in [3.8, 4) is 0 Å². The maximum absolute atomic E-state index is 11.4. The molecule has 0 saturated carbocycles. The lowest BCUT2D eigenvalue weighted by atomic mass is 10.1. The standard InChI is InChI=1S/C15H22N2O2/c1-3-19-11-5-9-16-15(18)17-10-8-14-7-4-6-13(2)12-14/h4,6-8,10,12H,3,5,9,11H2,1-2H3,(H2,16,17,18)/b10-8+. The summed E-state index contributed by atoms with van der Waals surface area (Å²) in [6.45, 7) is 6.00. The fraction of sp³-hybridized carbons (Fsp3) is 0.400. The Balaban J connectivity index is 2.19. The molecular formula is C15H22N2O2. The van der Waals surface area contributed by atoms with Crippen LogP contribution in [0.1, 0.15) is 24.5 Å². The van der Waals surface area contributed by atoms with E-state index in [0.717, 1.165) is 12.0 Å². The van der Waals surface area contributed by atoms with Gasteiger partial charge in [0.15, 0.2) is 0 Å². The molecule has 0 atom stereocenters. The molecule has 2 amide bonds. The van der Waals surface area contributed by atoms with E-state index in [4.69, 9.17) is 4.74 Å². The first-order chi connectivity index (χ1) is 9.22. The zero-order valence-electron chi connectivity index (χ0n) is 11.6. The topological polar surface area (TPSA) is 50.4 Å². The van der Waals surface area contributed by atoms with E-state index >= 15 is 0 Å². The van der Waals surface area contributed by atoms with Crippen molar-refractivity contribution in [3.63, 3.8) is 0 Å². The number of amides is 2. The van der Waals surface area contributed by atoms with E-state index in [-0.39, 0.29) is 6.03 Å². The fourth-order valence-electron chi connectivity index (χ4n) is 1.56. The first kappa shape index (κ1) is 15.2. The Morgan fingerprint density at radius 1 is 1.42 bits per heavy atom. The molecule has 2 N–H and O–H groups in total. The average Bonchev–Trinajstić information content (AvgIpc) is 2.38. The number of rotatable bonds is 7. The van der Waals surface area contributed by atoms with Gasteiger partial charge in [-0.2, -0.15) is 0 Å². The summed E-state index contributed by atoms with van der Waals surface area (Å²) in [7, 11) is 0. The molecule has 0 aliphatic rings. The average molecular weight is 262 g/mol. The van der Waals surface area contributed by atoms with E-state index < -0.39 is 0 Å². The van der Waals surface area contributed by atoms with Crippen LogP contribution in [-0.2, 0) is 4.74 Å².